The summed E-state index contributed by atoms with van der Waals surface area (Å²) in [6.07, 6.45) is 9.62. The Morgan fingerprint density at radius 3 is 2.57 bits per heavy atom. The fraction of sp³-hybridized carbons (Fsp3) is 0.438. The van der Waals surface area contributed by atoms with Crippen molar-refractivity contribution in [3.63, 3.8) is 0 Å². The first-order valence-corrected chi connectivity index (χ1v) is 16.8. The van der Waals surface area contributed by atoms with Crippen LogP contribution >= 0.6 is 0 Å². The number of nitrogens with one attached hydrogen (secondary N) is 1. The van der Waals surface area contributed by atoms with Gasteiger partial charge in [-0.3, -0.25) is 9.59 Å². The molecular weight excluding hydrogens is 578 g/mol. The molecule has 2 aromatic carbocycles. The van der Waals surface area contributed by atoms with Crippen LogP contribution in [0.25, 0.3) is 6.08 Å². The van der Waals surface area contributed by atoms with Gasteiger partial charge in [-0.15, -0.1) is 10.2 Å². The lowest BCUT2D eigenvalue weighted by molar-refractivity contribution is -0.128. The summed E-state index contributed by atoms with van der Waals surface area (Å²) in [5.74, 6) is 0.696. The van der Waals surface area contributed by atoms with E-state index in [9.17, 15) is 18.0 Å². The monoisotopic (exact) mass is 615 g/mol. The van der Waals surface area contributed by atoms with Crippen molar-refractivity contribution in [2.75, 3.05) is 32.1 Å². The minimum atomic E-state index is -3.96. The van der Waals surface area contributed by atoms with Crippen LogP contribution in [0.5, 0.6) is 0 Å². The standard InChI is InChI=1S/C32H37N7O4S/c1-36(2)44(42,43)35-31(40)23-12-13-26-27(17-23)39-18-24(32(41)37-14-15-38-20-33-34-28(38)19-37)16-22-10-6-7-11-25(22)30(39)29(26)21-8-4-3-5-9-21/h6-7,10-13,16-17,20-21,29-30H,3-5,8-9,14-15,18-19H2,1-2H3,(H,35,40). The Kier molecular flexibility index (Phi) is 7.28. The Labute approximate surface area is 257 Å². The number of nitrogens with zero attached hydrogens (tertiary/aromatic N) is 6. The molecule has 0 spiro atoms. The van der Waals surface area contributed by atoms with Crippen LogP contribution in [0.3, 0.4) is 0 Å². The highest BCUT2D eigenvalue weighted by atomic mass is 32.2. The number of benzene rings is 2. The lowest BCUT2D eigenvalue weighted by atomic mass is 9.73. The summed E-state index contributed by atoms with van der Waals surface area (Å²) in [7, 11) is -1.20. The first-order chi connectivity index (χ1) is 21.2. The van der Waals surface area contributed by atoms with E-state index in [1.165, 1.54) is 38.9 Å². The highest BCUT2D eigenvalue weighted by molar-refractivity contribution is 7.87. The second-order valence-corrected chi connectivity index (χ2v) is 14.3. The number of amides is 2. The second kappa shape index (κ2) is 11.2. The van der Waals surface area contributed by atoms with E-state index in [0.29, 0.717) is 37.7 Å². The third kappa shape index (κ3) is 4.99. The predicted octanol–water partition coefficient (Wildman–Crippen LogP) is 3.48. The highest BCUT2D eigenvalue weighted by Crippen LogP contribution is 2.56. The van der Waals surface area contributed by atoms with Gasteiger partial charge in [0.15, 0.2) is 5.82 Å². The predicted molar refractivity (Wildman–Crippen MR) is 166 cm³/mol. The molecule has 0 radical (unpaired) electrons. The Bertz CT molecular complexity index is 1760. The molecule has 11 nitrogen and oxygen atoms in total. The number of aromatic nitrogens is 3. The molecule has 3 aliphatic heterocycles. The number of anilines is 1. The Balaban J connectivity index is 1.30. The highest BCUT2D eigenvalue weighted by Gasteiger charge is 2.46. The van der Waals surface area contributed by atoms with Gasteiger partial charge in [-0.1, -0.05) is 49.6 Å². The van der Waals surface area contributed by atoms with Gasteiger partial charge in [0.2, 0.25) is 0 Å². The number of rotatable bonds is 5. The fourth-order valence-corrected chi connectivity index (χ4v) is 7.98. The van der Waals surface area contributed by atoms with Crippen molar-refractivity contribution >= 4 is 33.8 Å². The van der Waals surface area contributed by atoms with Gasteiger partial charge < -0.3 is 14.4 Å². The zero-order valence-corrected chi connectivity index (χ0v) is 25.8. The second-order valence-electron chi connectivity index (χ2n) is 12.5. The zero-order valence-electron chi connectivity index (χ0n) is 25.0. The molecule has 2 unspecified atom stereocenters. The molecule has 1 saturated carbocycles. The molecule has 4 heterocycles. The normalized spacial score (nSPS) is 21.6. The van der Waals surface area contributed by atoms with E-state index in [2.05, 4.69) is 38.0 Å². The summed E-state index contributed by atoms with van der Waals surface area (Å²) >= 11 is 0. The molecule has 1 N–H and O–H groups in total. The van der Waals surface area contributed by atoms with E-state index in [1.54, 1.807) is 12.4 Å². The topological polar surface area (TPSA) is 121 Å². The van der Waals surface area contributed by atoms with Crippen molar-refractivity contribution < 1.29 is 18.0 Å². The summed E-state index contributed by atoms with van der Waals surface area (Å²) in [4.78, 5) is 31.5. The van der Waals surface area contributed by atoms with Crippen LogP contribution in [0.15, 0.2) is 54.4 Å². The van der Waals surface area contributed by atoms with Crippen LogP contribution < -0.4 is 9.62 Å². The number of carbonyl (C=O) groups is 2. The molecule has 1 aliphatic carbocycles. The summed E-state index contributed by atoms with van der Waals surface area (Å²) in [6.45, 7) is 1.98. The Morgan fingerprint density at radius 1 is 0.977 bits per heavy atom. The van der Waals surface area contributed by atoms with Crippen LogP contribution in [0.4, 0.5) is 5.69 Å². The maximum Gasteiger partial charge on any atom is 0.303 e. The minimum Gasteiger partial charge on any atom is -0.359 e. The summed E-state index contributed by atoms with van der Waals surface area (Å²) in [5, 5.41) is 8.21. The molecule has 12 heteroatoms. The molecule has 4 aliphatic rings. The van der Waals surface area contributed by atoms with Gasteiger partial charge in [-0.25, -0.2) is 4.72 Å². The zero-order chi connectivity index (χ0) is 30.6. The Morgan fingerprint density at radius 2 is 1.77 bits per heavy atom. The van der Waals surface area contributed by atoms with E-state index < -0.39 is 16.1 Å². The summed E-state index contributed by atoms with van der Waals surface area (Å²) in [6, 6.07) is 13.9. The van der Waals surface area contributed by atoms with Crippen molar-refractivity contribution in [1.82, 2.24) is 28.7 Å². The average Bonchev–Trinajstić information content (AvgIpc) is 3.58. The van der Waals surface area contributed by atoms with Crippen molar-refractivity contribution in [3.05, 3.63) is 82.4 Å². The third-order valence-electron chi connectivity index (χ3n) is 9.68. The van der Waals surface area contributed by atoms with E-state index in [-0.39, 0.29) is 23.4 Å². The largest absolute Gasteiger partial charge is 0.359 e. The van der Waals surface area contributed by atoms with Gasteiger partial charge in [0.1, 0.15) is 6.33 Å². The maximum atomic E-state index is 14.2. The quantitative estimate of drug-likeness (QED) is 0.467. The van der Waals surface area contributed by atoms with Crippen molar-refractivity contribution in [1.29, 1.82) is 0 Å². The number of hydrogen-bond donors (Lipinski definition) is 1. The lowest BCUT2D eigenvalue weighted by Gasteiger charge is -2.36. The molecule has 1 fully saturated rings. The number of hydrogen-bond acceptors (Lipinski definition) is 7. The third-order valence-corrected chi connectivity index (χ3v) is 11.1. The smallest absolute Gasteiger partial charge is 0.303 e. The van der Waals surface area contributed by atoms with Crippen molar-refractivity contribution in [2.45, 2.75) is 57.2 Å². The van der Waals surface area contributed by atoms with Crippen LogP contribution in [0, 0.1) is 5.92 Å². The number of carbonyl (C=O) groups excluding carboxylic acids is 2. The van der Waals surface area contributed by atoms with E-state index >= 15 is 0 Å². The van der Waals surface area contributed by atoms with Crippen LogP contribution in [-0.2, 0) is 28.1 Å². The van der Waals surface area contributed by atoms with E-state index in [4.69, 9.17) is 0 Å². The Hall–Kier alpha value is -4.03. The average molecular weight is 616 g/mol. The molecule has 0 saturated heterocycles. The van der Waals surface area contributed by atoms with E-state index in [0.717, 1.165) is 39.8 Å². The first kappa shape index (κ1) is 28.7. The summed E-state index contributed by atoms with van der Waals surface area (Å²) in [5.41, 5.74) is 5.18. The lowest BCUT2D eigenvalue weighted by Crippen LogP contribution is -2.41. The SMILES string of the molecule is CN(C)S(=O)(=O)NC(=O)c1ccc2c(c1)N1CC(C(=O)N3CCn4cnnc4C3)=Cc3ccccc3C1C2C1CCCCC1. The van der Waals surface area contributed by atoms with Gasteiger partial charge in [0, 0.05) is 56.5 Å². The molecule has 1 aromatic heterocycles. The van der Waals surface area contributed by atoms with Crippen LogP contribution in [0.2, 0.25) is 0 Å². The molecule has 0 bridgehead atoms. The van der Waals surface area contributed by atoms with Crippen molar-refractivity contribution in [3.8, 4) is 0 Å². The van der Waals surface area contributed by atoms with Gasteiger partial charge >= 0.3 is 10.2 Å². The molecule has 2 atom stereocenters. The van der Waals surface area contributed by atoms with Crippen molar-refractivity contribution in [2.24, 2.45) is 5.92 Å². The van der Waals surface area contributed by atoms with Gasteiger partial charge in [-0.05, 0) is 53.7 Å². The molecule has 2 amide bonds. The van der Waals surface area contributed by atoms with Gasteiger partial charge in [0.05, 0.1) is 12.6 Å². The molecule has 7 rings (SSSR count). The molecule has 3 aromatic rings. The first-order valence-electron chi connectivity index (χ1n) is 15.3. The van der Waals surface area contributed by atoms with Crippen LogP contribution in [-0.4, -0.2) is 71.4 Å². The maximum absolute atomic E-state index is 14.2. The minimum absolute atomic E-state index is 0.0147. The molecular formula is C32H37N7O4S. The van der Waals surface area contributed by atoms with Gasteiger partial charge in [-0.2, -0.15) is 12.7 Å². The van der Waals surface area contributed by atoms with Gasteiger partial charge in [0.25, 0.3) is 11.8 Å². The fourth-order valence-electron chi connectivity index (χ4n) is 7.45. The molecule has 230 valence electrons. The molecule has 44 heavy (non-hydrogen) atoms. The van der Waals surface area contributed by atoms with E-state index in [1.807, 2.05) is 33.7 Å². The summed E-state index contributed by atoms with van der Waals surface area (Å²) < 4.78 is 30.1. The van der Waals surface area contributed by atoms with Crippen LogP contribution in [0.1, 0.15) is 76.9 Å². The number of fused-ring (bicyclic) bond motifs is 6.